The van der Waals surface area contributed by atoms with Crippen molar-refractivity contribution in [1.29, 1.82) is 0 Å². The molecule has 1 aromatic heterocycles. The van der Waals surface area contributed by atoms with Gasteiger partial charge in [0.15, 0.2) is 0 Å². The minimum absolute atomic E-state index is 0.557. The van der Waals surface area contributed by atoms with E-state index in [0.717, 1.165) is 35.8 Å². The smallest absolute Gasteiger partial charge is 0.119 e. The number of benzene rings is 2. The van der Waals surface area contributed by atoms with Crippen molar-refractivity contribution in [1.82, 2.24) is 15.1 Å². The number of halogens is 2. The molecule has 0 aliphatic heterocycles. The first kappa shape index (κ1) is 19.7. The van der Waals surface area contributed by atoms with Gasteiger partial charge >= 0.3 is 0 Å². The minimum atomic E-state index is 0.557. The Morgan fingerprint density at radius 3 is 2.41 bits per heavy atom. The Bertz CT molecular complexity index is 917. The van der Waals surface area contributed by atoms with Gasteiger partial charge in [-0.3, -0.25) is 4.68 Å². The predicted molar refractivity (Wildman–Crippen MR) is 111 cm³/mol. The molecule has 6 heteroatoms. The fourth-order valence-corrected chi connectivity index (χ4v) is 3.61. The molecule has 3 aromatic rings. The van der Waals surface area contributed by atoms with Gasteiger partial charge in [0.25, 0.3) is 0 Å². The standard InChI is InChI=1S/C21H23Cl2N3O/c1-14-18(12-24-11-16-6-4-7-17(10-16)27-3)15(2)26(25-14)13-19-20(22)8-5-9-21(19)23/h4-10,24H,11-13H2,1-3H3. The molecule has 0 bridgehead atoms. The summed E-state index contributed by atoms with van der Waals surface area (Å²) in [4.78, 5) is 0. The topological polar surface area (TPSA) is 39.1 Å². The van der Waals surface area contributed by atoms with Gasteiger partial charge in [0.2, 0.25) is 0 Å². The number of hydrogen-bond donors (Lipinski definition) is 1. The molecular weight excluding hydrogens is 381 g/mol. The summed E-state index contributed by atoms with van der Waals surface area (Å²) in [6.45, 7) is 6.16. The van der Waals surface area contributed by atoms with E-state index in [1.165, 1.54) is 11.1 Å². The Hall–Kier alpha value is -2.01. The second kappa shape index (κ2) is 8.79. The number of aryl methyl sites for hydroxylation is 1. The lowest BCUT2D eigenvalue weighted by Crippen LogP contribution is -2.14. The molecule has 27 heavy (non-hydrogen) atoms. The van der Waals surface area contributed by atoms with Crippen LogP contribution < -0.4 is 10.1 Å². The number of ether oxygens (including phenoxy) is 1. The number of nitrogens with one attached hydrogen (secondary N) is 1. The number of rotatable bonds is 7. The van der Waals surface area contributed by atoms with Crippen LogP contribution in [0.2, 0.25) is 10.0 Å². The number of aromatic nitrogens is 2. The third-order valence-corrected chi connectivity index (χ3v) is 5.37. The van der Waals surface area contributed by atoms with Crippen LogP contribution in [0.15, 0.2) is 42.5 Å². The molecule has 3 rings (SSSR count). The fourth-order valence-electron chi connectivity index (χ4n) is 3.09. The van der Waals surface area contributed by atoms with Gasteiger partial charge in [-0.05, 0) is 43.7 Å². The fraction of sp³-hybridized carbons (Fsp3) is 0.286. The summed E-state index contributed by atoms with van der Waals surface area (Å²) in [6, 6.07) is 13.6. The molecule has 1 heterocycles. The summed E-state index contributed by atoms with van der Waals surface area (Å²) >= 11 is 12.6. The van der Waals surface area contributed by atoms with Crippen molar-refractivity contribution < 1.29 is 4.74 Å². The van der Waals surface area contributed by atoms with Crippen molar-refractivity contribution in [3.05, 3.63) is 80.6 Å². The average molecular weight is 404 g/mol. The van der Waals surface area contributed by atoms with Gasteiger partial charge in [-0.1, -0.05) is 41.4 Å². The molecule has 0 saturated heterocycles. The second-order valence-corrected chi connectivity index (χ2v) is 7.28. The van der Waals surface area contributed by atoms with Gasteiger partial charge in [-0.15, -0.1) is 0 Å². The summed E-state index contributed by atoms with van der Waals surface area (Å²) in [7, 11) is 1.68. The highest BCUT2D eigenvalue weighted by Crippen LogP contribution is 2.26. The van der Waals surface area contributed by atoms with E-state index in [9.17, 15) is 0 Å². The molecule has 4 nitrogen and oxygen atoms in total. The second-order valence-electron chi connectivity index (χ2n) is 6.46. The van der Waals surface area contributed by atoms with Crippen LogP contribution >= 0.6 is 23.2 Å². The van der Waals surface area contributed by atoms with Crippen molar-refractivity contribution in [2.24, 2.45) is 0 Å². The zero-order valence-corrected chi connectivity index (χ0v) is 17.2. The lowest BCUT2D eigenvalue weighted by molar-refractivity contribution is 0.414. The molecule has 0 unspecified atom stereocenters. The van der Waals surface area contributed by atoms with E-state index in [0.29, 0.717) is 16.6 Å². The van der Waals surface area contributed by atoms with E-state index < -0.39 is 0 Å². The van der Waals surface area contributed by atoms with Crippen molar-refractivity contribution in [3.8, 4) is 5.75 Å². The molecule has 0 atom stereocenters. The maximum atomic E-state index is 6.31. The monoisotopic (exact) mass is 403 g/mol. The molecule has 2 aromatic carbocycles. The van der Waals surface area contributed by atoms with Gasteiger partial charge in [0.05, 0.1) is 19.3 Å². The largest absolute Gasteiger partial charge is 0.497 e. The predicted octanol–water partition coefficient (Wildman–Crippen LogP) is 5.15. The van der Waals surface area contributed by atoms with E-state index >= 15 is 0 Å². The van der Waals surface area contributed by atoms with Gasteiger partial charge in [0.1, 0.15) is 5.75 Å². The summed E-state index contributed by atoms with van der Waals surface area (Å²) in [5.74, 6) is 0.867. The van der Waals surface area contributed by atoms with Crippen LogP contribution in [-0.4, -0.2) is 16.9 Å². The summed E-state index contributed by atoms with van der Waals surface area (Å²) < 4.78 is 7.24. The van der Waals surface area contributed by atoms with Gasteiger partial charge in [-0.25, -0.2) is 0 Å². The number of hydrogen-bond acceptors (Lipinski definition) is 3. The summed E-state index contributed by atoms with van der Waals surface area (Å²) in [5, 5.41) is 9.49. The first-order chi connectivity index (χ1) is 13.0. The maximum Gasteiger partial charge on any atom is 0.119 e. The van der Waals surface area contributed by atoms with E-state index in [2.05, 4.69) is 23.4 Å². The molecular formula is C21H23Cl2N3O. The Labute approximate surface area is 170 Å². The van der Waals surface area contributed by atoms with Crippen molar-refractivity contribution in [3.63, 3.8) is 0 Å². The third-order valence-electron chi connectivity index (χ3n) is 4.67. The molecule has 0 amide bonds. The SMILES string of the molecule is COc1cccc(CNCc2c(C)nn(Cc3c(Cl)cccc3Cl)c2C)c1. The van der Waals surface area contributed by atoms with Crippen LogP contribution in [0, 0.1) is 13.8 Å². The van der Waals surface area contributed by atoms with Crippen LogP contribution in [0.1, 0.15) is 28.1 Å². The molecule has 0 fully saturated rings. The summed E-state index contributed by atoms with van der Waals surface area (Å²) in [6.07, 6.45) is 0. The van der Waals surface area contributed by atoms with Crippen LogP contribution in [0.5, 0.6) is 5.75 Å². The highest BCUT2D eigenvalue weighted by molar-refractivity contribution is 6.35. The molecule has 0 saturated carbocycles. The van der Waals surface area contributed by atoms with Gasteiger partial charge < -0.3 is 10.1 Å². The van der Waals surface area contributed by atoms with Crippen LogP contribution in [0.4, 0.5) is 0 Å². The van der Waals surface area contributed by atoms with Gasteiger partial charge in [0, 0.05) is 40.0 Å². The quantitative estimate of drug-likeness (QED) is 0.592. The molecule has 0 aliphatic carbocycles. The molecule has 0 aliphatic rings. The van der Waals surface area contributed by atoms with Crippen molar-refractivity contribution >= 4 is 23.2 Å². The first-order valence-corrected chi connectivity index (χ1v) is 9.54. The Morgan fingerprint density at radius 2 is 1.70 bits per heavy atom. The van der Waals surface area contributed by atoms with Crippen LogP contribution in [0.3, 0.4) is 0 Å². The minimum Gasteiger partial charge on any atom is -0.497 e. The lowest BCUT2D eigenvalue weighted by atomic mass is 10.1. The Kier molecular flexibility index (Phi) is 6.42. The number of methoxy groups -OCH3 is 1. The number of nitrogens with zero attached hydrogens (tertiary/aromatic N) is 2. The normalized spacial score (nSPS) is 11.0. The molecule has 0 spiro atoms. The molecule has 0 radical (unpaired) electrons. The summed E-state index contributed by atoms with van der Waals surface area (Å²) in [5.41, 5.74) is 5.39. The van der Waals surface area contributed by atoms with E-state index in [4.69, 9.17) is 27.9 Å². The Balaban J connectivity index is 1.70. The Morgan fingerprint density at radius 1 is 1.00 bits per heavy atom. The van der Waals surface area contributed by atoms with Crippen molar-refractivity contribution in [2.45, 2.75) is 33.5 Å². The first-order valence-electron chi connectivity index (χ1n) is 8.79. The molecule has 1 N–H and O–H groups in total. The van der Waals surface area contributed by atoms with E-state index in [1.807, 2.05) is 48.0 Å². The van der Waals surface area contributed by atoms with E-state index in [1.54, 1.807) is 7.11 Å². The third kappa shape index (κ3) is 4.64. The average Bonchev–Trinajstić information content (AvgIpc) is 2.92. The van der Waals surface area contributed by atoms with E-state index in [-0.39, 0.29) is 0 Å². The zero-order valence-electron chi connectivity index (χ0n) is 15.7. The van der Waals surface area contributed by atoms with Crippen molar-refractivity contribution in [2.75, 3.05) is 7.11 Å². The lowest BCUT2D eigenvalue weighted by Gasteiger charge is -2.10. The highest BCUT2D eigenvalue weighted by Gasteiger charge is 2.14. The highest BCUT2D eigenvalue weighted by atomic mass is 35.5. The van der Waals surface area contributed by atoms with Gasteiger partial charge in [-0.2, -0.15) is 5.10 Å². The molecule has 142 valence electrons. The zero-order chi connectivity index (χ0) is 19.4. The maximum absolute atomic E-state index is 6.31. The van der Waals surface area contributed by atoms with Crippen LogP contribution in [0.25, 0.3) is 0 Å². The van der Waals surface area contributed by atoms with Crippen LogP contribution in [-0.2, 0) is 19.6 Å².